The molecule has 0 aliphatic carbocycles. The number of rotatable bonds is 3. The Morgan fingerprint density at radius 3 is 2.62 bits per heavy atom. The maximum absolute atomic E-state index is 11.8. The van der Waals surface area contributed by atoms with Gasteiger partial charge in [0.2, 0.25) is 0 Å². The molecule has 3 atom stereocenters. The van der Waals surface area contributed by atoms with Gasteiger partial charge in [0.25, 0.3) is 0 Å². The molecular weight excluding hydrogens is 224 g/mol. The molecule has 1 N–H and O–H groups in total. The predicted octanol–water partition coefficient (Wildman–Crippen LogP) is 2.08. The van der Waals surface area contributed by atoms with Gasteiger partial charge in [-0.15, -0.1) is 0 Å². The summed E-state index contributed by atoms with van der Waals surface area (Å²) < 4.78 is 4.83. The van der Waals surface area contributed by atoms with Gasteiger partial charge in [-0.05, 0) is 24.5 Å². The molecule has 0 amide bonds. The Bertz CT molecular complexity index is 255. The zero-order valence-corrected chi connectivity index (χ0v) is 11.3. The summed E-state index contributed by atoms with van der Waals surface area (Å²) >= 11 is 1.74. The first-order valence-corrected chi connectivity index (χ1v) is 6.90. The topological polar surface area (TPSA) is 46.5 Å². The van der Waals surface area contributed by atoms with Crippen molar-refractivity contribution < 1.29 is 14.6 Å². The lowest BCUT2D eigenvalue weighted by atomic mass is 9.75. The van der Waals surface area contributed by atoms with Crippen LogP contribution in [0, 0.1) is 11.8 Å². The standard InChI is InChI=1S/C12H22O3S/c1-8(2)10(11(13)15-4)12(14)6-5-7-16-9(12)3/h8-10,14H,5-7H2,1-4H3. The van der Waals surface area contributed by atoms with Crippen LogP contribution in [0.2, 0.25) is 0 Å². The van der Waals surface area contributed by atoms with Gasteiger partial charge in [0.05, 0.1) is 18.6 Å². The number of esters is 1. The monoisotopic (exact) mass is 246 g/mol. The molecule has 16 heavy (non-hydrogen) atoms. The molecule has 3 nitrogen and oxygen atoms in total. The minimum Gasteiger partial charge on any atom is -0.469 e. The number of carbonyl (C=O) groups excluding carboxylic acids is 1. The average molecular weight is 246 g/mol. The highest BCUT2D eigenvalue weighted by atomic mass is 32.2. The first-order valence-electron chi connectivity index (χ1n) is 5.85. The van der Waals surface area contributed by atoms with Crippen LogP contribution in [0.1, 0.15) is 33.6 Å². The Labute approximate surface area is 102 Å². The first kappa shape index (κ1) is 13.8. The second-order valence-corrected chi connectivity index (χ2v) is 6.30. The summed E-state index contributed by atoms with van der Waals surface area (Å²) in [5.41, 5.74) is -0.913. The van der Waals surface area contributed by atoms with Crippen molar-refractivity contribution in [3.05, 3.63) is 0 Å². The van der Waals surface area contributed by atoms with Gasteiger partial charge in [-0.2, -0.15) is 11.8 Å². The van der Waals surface area contributed by atoms with E-state index in [0.717, 1.165) is 12.2 Å². The SMILES string of the molecule is COC(=O)C(C(C)C)C1(O)CCCSC1C. The number of methoxy groups -OCH3 is 1. The Morgan fingerprint density at radius 2 is 2.19 bits per heavy atom. The molecule has 0 spiro atoms. The van der Waals surface area contributed by atoms with E-state index in [4.69, 9.17) is 4.74 Å². The van der Waals surface area contributed by atoms with Gasteiger partial charge in [0.1, 0.15) is 0 Å². The third kappa shape index (κ3) is 2.54. The van der Waals surface area contributed by atoms with Crippen LogP contribution in [0.3, 0.4) is 0 Å². The molecule has 1 heterocycles. The van der Waals surface area contributed by atoms with Crippen LogP contribution in [-0.2, 0) is 9.53 Å². The molecule has 1 fully saturated rings. The summed E-state index contributed by atoms with van der Waals surface area (Å²) in [5, 5.41) is 10.8. The van der Waals surface area contributed by atoms with Crippen LogP contribution in [0.4, 0.5) is 0 Å². The Morgan fingerprint density at radius 1 is 1.56 bits per heavy atom. The smallest absolute Gasteiger partial charge is 0.311 e. The average Bonchev–Trinajstić information content (AvgIpc) is 2.22. The largest absolute Gasteiger partial charge is 0.469 e. The molecule has 1 aliphatic rings. The van der Waals surface area contributed by atoms with E-state index in [2.05, 4.69) is 0 Å². The van der Waals surface area contributed by atoms with Crippen LogP contribution in [0.25, 0.3) is 0 Å². The Kier molecular flexibility index (Phi) is 4.68. The van der Waals surface area contributed by atoms with Crippen LogP contribution < -0.4 is 0 Å². The number of carbonyl (C=O) groups is 1. The van der Waals surface area contributed by atoms with E-state index in [1.165, 1.54) is 7.11 Å². The van der Waals surface area contributed by atoms with E-state index in [1.807, 2.05) is 20.8 Å². The Hall–Kier alpha value is -0.220. The molecule has 1 saturated heterocycles. The summed E-state index contributed by atoms with van der Waals surface area (Å²) in [6.45, 7) is 5.93. The highest BCUT2D eigenvalue weighted by Gasteiger charge is 2.48. The van der Waals surface area contributed by atoms with Crippen molar-refractivity contribution in [1.82, 2.24) is 0 Å². The molecule has 94 valence electrons. The fourth-order valence-corrected chi connectivity index (χ4v) is 3.77. The fraction of sp³-hybridized carbons (Fsp3) is 0.917. The van der Waals surface area contributed by atoms with E-state index in [1.54, 1.807) is 11.8 Å². The van der Waals surface area contributed by atoms with E-state index < -0.39 is 11.5 Å². The summed E-state index contributed by atoms with van der Waals surface area (Å²) in [6, 6.07) is 0. The molecule has 4 heteroatoms. The molecule has 1 aliphatic heterocycles. The van der Waals surface area contributed by atoms with Crippen LogP contribution in [0.15, 0.2) is 0 Å². The molecule has 1 rings (SSSR count). The van der Waals surface area contributed by atoms with E-state index in [9.17, 15) is 9.90 Å². The van der Waals surface area contributed by atoms with Gasteiger partial charge >= 0.3 is 5.97 Å². The highest BCUT2D eigenvalue weighted by molar-refractivity contribution is 8.00. The molecule has 0 aromatic carbocycles. The van der Waals surface area contributed by atoms with E-state index in [-0.39, 0.29) is 17.1 Å². The first-order chi connectivity index (χ1) is 7.43. The molecular formula is C12H22O3S. The predicted molar refractivity (Wildman–Crippen MR) is 66.4 cm³/mol. The maximum Gasteiger partial charge on any atom is 0.311 e. The molecule has 0 radical (unpaired) electrons. The van der Waals surface area contributed by atoms with Crippen molar-refractivity contribution in [1.29, 1.82) is 0 Å². The van der Waals surface area contributed by atoms with Crippen molar-refractivity contribution >= 4 is 17.7 Å². The van der Waals surface area contributed by atoms with Crippen LogP contribution in [0.5, 0.6) is 0 Å². The number of ether oxygens (including phenoxy) is 1. The van der Waals surface area contributed by atoms with Gasteiger partial charge in [0, 0.05) is 5.25 Å². The van der Waals surface area contributed by atoms with Crippen LogP contribution >= 0.6 is 11.8 Å². The lowest BCUT2D eigenvalue weighted by Gasteiger charge is -2.43. The van der Waals surface area contributed by atoms with Crippen molar-refractivity contribution in [3.63, 3.8) is 0 Å². The highest BCUT2D eigenvalue weighted by Crippen LogP contribution is 2.42. The zero-order chi connectivity index (χ0) is 12.3. The van der Waals surface area contributed by atoms with Gasteiger partial charge in [-0.1, -0.05) is 20.8 Å². The maximum atomic E-state index is 11.8. The van der Waals surface area contributed by atoms with Gasteiger partial charge in [0.15, 0.2) is 0 Å². The molecule has 0 aromatic heterocycles. The lowest BCUT2D eigenvalue weighted by molar-refractivity contribution is -0.160. The molecule has 0 aromatic rings. The second-order valence-electron chi connectivity index (χ2n) is 4.85. The second kappa shape index (κ2) is 5.41. The summed E-state index contributed by atoms with van der Waals surface area (Å²) in [5.74, 6) is 0.459. The van der Waals surface area contributed by atoms with Gasteiger partial charge in [-0.25, -0.2) is 0 Å². The van der Waals surface area contributed by atoms with E-state index >= 15 is 0 Å². The lowest BCUT2D eigenvalue weighted by Crippen LogP contribution is -2.53. The van der Waals surface area contributed by atoms with Gasteiger partial charge in [-0.3, -0.25) is 4.79 Å². The van der Waals surface area contributed by atoms with Crippen molar-refractivity contribution in [3.8, 4) is 0 Å². The van der Waals surface area contributed by atoms with Crippen LogP contribution in [-0.4, -0.2) is 34.8 Å². The van der Waals surface area contributed by atoms with Crippen molar-refractivity contribution in [2.24, 2.45) is 11.8 Å². The summed E-state index contributed by atoms with van der Waals surface area (Å²) in [7, 11) is 1.39. The van der Waals surface area contributed by atoms with Crippen molar-refractivity contribution in [2.75, 3.05) is 12.9 Å². The molecule has 0 bridgehead atoms. The number of aliphatic hydroxyl groups is 1. The molecule has 3 unspecified atom stereocenters. The summed E-state index contributed by atoms with van der Waals surface area (Å²) in [4.78, 5) is 11.8. The quantitative estimate of drug-likeness (QED) is 0.774. The Balaban J connectivity index is 2.94. The molecule has 0 saturated carbocycles. The van der Waals surface area contributed by atoms with Crippen molar-refractivity contribution in [2.45, 2.75) is 44.5 Å². The number of thioether (sulfide) groups is 1. The van der Waals surface area contributed by atoms with E-state index in [0.29, 0.717) is 6.42 Å². The third-order valence-corrected chi connectivity index (χ3v) is 4.89. The fourth-order valence-electron chi connectivity index (χ4n) is 2.55. The number of hydrogen-bond acceptors (Lipinski definition) is 4. The van der Waals surface area contributed by atoms with Gasteiger partial charge < -0.3 is 9.84 Å². The zero-order valence-electron chi connectivity index (χ0n) is 10.5. The minimum absolute atomic E-state index is 0.0905. The minimum atomic E-state index is -0.913. The third-order valence-electron chi connectivity index (χ3n) is 3.45. The number of hydrogen-bond donors (Lipinski definition) is 1. The summed E-state index contributed by atoms with van der Waals surface area (Å²) in [6.07, 6.45) is 1.66. The normalized spacial score (nSPS) is 32.5.